The molecule has 23 heavy (non-hydrogen) atoms. The summed E-state index contributed by atoms with van der Waals surface area (Å²) in [5.41, 5.74) is 1.61. The van der Waals surface area contributed by atoms with Gasteiger partial charge < -0.3 is 14.5 Å². The van der Waals surface area contributed by atoms with Gasteiger partial charge in [-0.05, 0) is 31.3 Å². The summed E-state index contributed by atoms with van der Waals surface area (Å²) >= 11 is 0. The number of hydrogen-bond acceptors (Lipinski definition) is 4. The third kappa shape index (κ3) is 3.60. The molecule has 3 rings (SSSR count). The quantitative estimate of drug-likeness (QED) is 0.757. The second-order valence-corrected chi connectivity index (χ2v) is 5.35. The third-order valence-electron chi connectivity index (χ3n) is 3.74. The van der Waals surface area contributed by atoms with Gasteiger partial charge in [0.15, 0.2) is 5.43 Å². The summed E-state index contributed by atoms with van der Waals surface area (Å²) < 4.78 is 11.6. The number of hydrogen-bond donors (Lipinski definition) is 1. The fraction of sp³-hybridized carbons (Fsp3) is 0.211. The molecule has 0 aliphatic heterocycles. The van der Waals surface area contributed by atoms with Gasteiger partial charge in [-0.25, -0.2) is 0 Å². The van der Waals surface area contributed by atoms with Crippen molar-refractivity contribution < 1.29 is 9.15 Å². The van der Waals surface area contributed by atoms with Gasteiger partial charge in [0.2, 0.25) is 0 Å². The minimum Gasteiger partial charge on any atom is -0.486 e. The van der Waals surface area contributed by atoms with Crippen molar-refractivity contribution in [3.63, 3.8) is 0 Å². The number of fused-ring (bicyclic) bond motifs is 1. The van der Waals surface area contributed by atoms with Gasteiger partial charge >= 0.3 is 0 Å². The zero-order chi connectivity index (χ0) is 16.1. The first-order chi connectivity index (χ1) is 11.3. The highest BCUT2D eigenvalue weighted by molar-refractivity contribution is 5.77. The third-order valence-corrected chi connectivity index (χ3v) is 3.74. The molecule has 0 amide bonds. The molecule has 1 unspecified atom stereocenters. The van der Waals surface area contributed by atoms with Gasteiger partial charge in [0.25, 0.3) is 0 Å². The van der Waals surface area contributed by atoms with E-state index < -0.39 is 0 Å². The van der Waals surface area contributed by atoms with Crippen LogP contribution in [0.5, 0.6) is 5.75 Å². The molecule has 0 saturated carbocycles. The van der Waals surface area contributed by atoms with Crippen LogP contribution in [0.15, 0.2) is 70.1 Å². The highest BCUT2D eigenvalue weighted by atomic mass is 16.5. The van der Waals surface area contributed by atoms with Crippen molar-refractivity contribution in [2.45, 2.75) is 12.5 Å². The molecule has 1 N–H and O–H groups in total. The van der Waals surface area contributed by atoms with E-state index in [4.69, 9.17) is 9.15 Å². The minimum atomic E-state index is -0.0588. The molecule has 118 valence electrons. The number of nitrogens with one attached hydrogen (secondary N) is 1. The van der Waals surface area contributed by atoms with Crippen molar-refractivity contribution in [1.82, 2.24) is 5.32 Å². The van der Waals surface area contributed by atoms with Crippen molar-refractivity contribution >= 4 is 11.0 Å². The van der Waals surface area contributed by atoms with E-state index in [1.807, 2.05) is 31.3 Å². The molecule has 4 nitrogen and oxygen atoms in total. The average molecular weight is 309 g/mol. The average Bonchev–Trinajstić information content (AvgIpc) is 2.59. The van der Waals surface area contributed by atoms with E-state index in [2.05, 4.69) is 17.4 Å². The van der Waals surface area contributed by atoms with Crippen LogP contribution in [0, 0.1) is 0 Å². The molecular weight excluding hydrogens is 290 g/mol. The standard InChI is InChI=1S/C19H19NO3/c1-20-11-9-18(14-5-3-2-4-6-14)23-15-7-8-16-17(21)10-12-22-19(16)13-15/h2-8,10,12-13,18,20H,9,11H2,1H3. The first kappa shape index (κ1) is 15.3. The molecule has 3 aromatic rings. The monoisotopic (exact) mass is 309 g/mol. The smallest absolute Gasteiger partial charge is 0.192 e. The normalized spacial score (nSPS) is 12.2. The lowest BCUT2D eigenvalue weighted by atomic mass is 10.1. The van der Waals surface area contributed by atoms with Crippen LogP contribution in [0.3, 0.4) is 0 Å². The molecule has 1 atom stereocenters. The molecule has 0 saturated heterocycles. The number of ether oxygens (including phenoxy) is 1. The lowest BCUT2D eigenvalue weighted by molar-refractivity contribution is 0.195. The zero-order valence-corrected chi connectivity index (χ0v) is 13.0. The molecule has 2 aromatic carbocycles. The van der Waals surface area contributed by atoms with Crippen LogP contribution in [0.1, 0.15) is 18.1 Å². The summed E-state index contributed by atoms with van der Waals surface area (Å²) in [6.45, 7) is 0.849. The molecule has 0 aliphatic carbocycles. The largest absolute Gasteiger partial charge is 0.486 e. The predicted octanol–water partition coefficient (Wildman–Crippen LogP) is 3.52. The van der Waals surface area contributed by atoms with Crippen molar-refractivity contribution in [3.8, 4) is 5.75 Å². The van der Waals surface area contributed by atoms with Gasteiger partial charge in [0.1, 0.15) is 17.4 Å². The molecule has 1 heterocycles. The molecule has 0 bridgehead atoms. The summed E-state index contributed by atoms with van der Waals surface area (Å²) in [5.74, 6) is 0.691. The Hall–Kier alpha value is -2.59. The Morgan fingerprint density at radius 1 is 1.13 bits per heavy atom. The first-order valence-electron chi connectivity index (χ1n) is 7.65. The van der Waals surface area contributed by atoms with Crippen LogP contribution in [0.25, 0.3) is 11.0 Å². The van der Waals surface area contributed by atoms with Crippen molar-refractivity contribution in [2.75, 3.05) is 13.6 Å². The van der Waals surface area contributed by atoms with Gasteiger partial charge in [0, 0.05) is 18.6 Å². The maximum Gasteiger partial charge on any atom is 0.192 e. The molecule has 0 spiro atoms. The fourth-order valence-corrected chi connectivity index (χ4v) is 2.54. The van der Waals surface area contributed by atoms with Gasteiger partial charge in [-0.2, -0.15) is 0 Å². The highest BCUT2D eigenvalue weighted by Crippen LogP contribution is 2.26. The van der Waals surface area contributed by atoms with Gasteiger partial charge in [-0.15, -0.1) is 0 Å². The summed E-state index contributed by atoms with van der Waals surface area (Å²) in [4.78, 5) is 11.8. The Morgan fingerprint density at radius 3 is 2.74 bits per heavy atom. The Morgan fingerprint density at radius 2 is 1.96 bits per heavy atom. The van der Waals surface area contributed by atoms with E-state index in [0.717, 1.165) is 18.5 Å². The Balaban J connectivity index is 1.89. The van der Waals surface area contributed by atoms with E-state index in [9.17, 15) is 4.79 Å². The summed E-state index contributed by atoms with van der Waals surface area (Å²) in [6.07, 6.45) is 2.19. The van der Waals surface area contributed by atoms with Crippen LogP contribution in [-0.4, -0.2) is 13.6 Å². The SMILES string of the molecule is CNCCC(Oc1ccc2c(=O)ccoc2c1)c1ccccc1. The van der Waals surface area contributed by atoms with Crippen LogP contribution < -0.4 is 15.5 Å². The van der Waals surface area contributed by atoms with Crippen molar-refractivity contribution in [1.29, 1.82) is 0 Å². The molecule has 1 aromatic heterocycles. The topological polar surface area (TPSA) is 51.5 Å². The maximum atomic E-state index is 11.8. The number of rotatable bonds is 6. The molecule has 0 aliphatic rings. The molecule has 4 heteroatoms. The Kier molecular flexibility index (Phi) is 4.74. The van der Waals surface area contributed by atoms with Crippen LogP contribution in [0.4, 0.5) is 0 Å². The van der Waals surface area contributed by atoms with Crippen LogP contribution in [0.2, 0.25) is 0 Å². The summed E-state index contributed by atoms with van der Waals surface area (Å²) in [7, 11) is 1.92. The van der Waals surface area contributed by atoms with E-state index >= 15 is 0 Å². The molecule has 0 fully saturated rings. The molecular formula is C19H19NO3. The first-order valence-corrected chi connectivity index (χ1v) is 7.65. The maximum absolute atomic E-state index is 11.8. The second-order valence-electron chi connectivity index (χ2n) is 5.35. The van der Waals surface area contributed by atoms with Crippen LogP contribution >= 0.6 is 0 Å². The minimum absolute atomic E-state index is 0.0485. The summed E-state index contributed by atoms with van der Waals surface area (Å²) in [6, 6.07) is 16.9. The fourth-order valence-electron chi connectivity index (χ4n) is 2.54. The van der Waals surface area contributed by atoms with Crippen molar-refractivity contribution in [3.05, 3.63) is 76.6 Å². The highest BCUT2D eigenvalue weighted by Gasteiger charge is 2.13. The second kappa shape index (κ2) is 7.11. The number of benzene rings is 2. The zero-order valence-electron chi connectivity index (χ0n) is 13.0. The van der Waals surface area contributed by atoms with E-state index in [1.54, 1.807) is 12.1 Å². The van der Waals surface area contributed by atoms with Crippen LogP contribution in [-0.2, 0) is 0 Å². The van der Waals surface area contributed by atoms with E-state index in [-0.39, 0.29) is 11.5 Å². The van der Waals surface area contributed by atoms with E-state index in [1.165, 1.54) is 12.3 Å². The lowest BCUT2D eigenvalue weighted by Crippen LogP contribution is -2.16. The van der Waals surface area contributed by atoms with Gasteiger partial charge in [-0.3, -0.25) is 4.79 Å². The molecule has 0 radical (unpaired) electrons. The Bertz CT molecular complexity index is 827. The lowest BCUT2D eigenvalue weighted by Gasteiger charge is -2.19. The van der Waals surface area contributed by atoms with Crippen molar-refractivity contribution in [2.24, 2.45) is 0 Å². The van der Waals surface area contributed by atoms with E-state index in [0.29, 0.717) is 16.7 Å². The summed E-state index contributed by atoms with van der Waals surface area (Å²) in [5, 5.41) is 3.71. The van der Waals surface area contributed by atoms with Gasteiger partial charge in [0.05, 0.1) is 11.6 Å². The predicted molar refractivity (Wildman–Crippen MR) is 90.8 cm³/mol. The van der Waals surface area contributed by atoms with Gasteiger partial charge in [-0.1, -0.05) is 30.3 Å². The Labute approximate surface area is 134 Å².